The third-order valence-electron chi connectivity index (χ3n) is 2.25. The van der Waals surface area contributed by atoms with E-state index in [-0.39, 0.29) is 11.0 Å². The number of aromatic nitrogens is 2. The Bertz CT molecular complexity index is 293. The SMILES string of the molecule is CC1(c2cc(=O)[nH][nH]2)CC1. The minimum atomic E-state index is -0.0249. The molecule has 0 aromatic carbocycles. The third-order valence-corrected chi connectivity index (χ3v) is 2.25. The van der Waals surface area contributed by atoms with Crippen LogP contribution in [-0.4, -0.2) is 10.2 Å². The topological polar surface area (TPSA) is 48.6 Å². The van der Waals surface area contributed by atoms with Crippen LogP contribution in [-0.2, 0) is 5.41 Å². The number of hydrogen-bond acceptors (Lipinski definition) is 1. The molecule has 1 fully saturated rings. The molecule has 0 saturated heterocycles. The first-order valence-corrected chi connectivity index (χ1v) is 3.49. The molecule has 54 valence electrons. The van der Waals surface area contributed by atoms with E-state index in [4.69, 9.17) is 0 Å². The summed E-state index contributed by atoms with van der Waals surface area (Å²) in [7, 11) is 0. The Balaban J connectivity index is 2.43. The van der Waals surface area contributed by atoms with Crippen LogP contribution in [0, 0.1) is 0 Å². The summed E-state index contributed by atoms with van der Waals surface area (Å²) in [5.74, 6) is 0. The smallest absolute Gasteiger partial charge is 0.264 e. The first-order valence-electron chi connectivity index (χ1n) is 3.49. The van der Waals surface area contributed by atoms with Gasteiger partial charge in [0.2, 0.25) is 0 Å². The quantitative estimate of drug-likeness (QED) is 0.591. The molecular formula is C7H10N2O. The van der Waals surface area contributed by atoms with Gasteiger partial charge in [-0.05, 0) is 12.8 Å². The van der Waals surface area contributed by atoms with E-state index in [2.05, 4.69) is 17.1 Å². The van der Waals surface area contributed by atoms with Crippen molar-refractivity contribution >= 4 is 0 Å². The number of H-pyrrole nitrogens is 2. The van der Waals surface area contributed by atoms with Crippen LogP contribution < -0.4 is 5.56 Å². The van der Waals surface area contributed by atoms with Gasteiger partial charge in [0.05, 0.1) is 0 Å². The van der Waals surface area contributed by atoms with Gasteiger partial charge in [0.1, 0.15) is 0 Å². The molecule has 0 unspecified atom stereocenters. The lowest BCUT2D eigenvalue weighted by Crippen LogP contribution is -1.99. The zero-order valence-corrected chi connectivity index (χ0v) is 5.90. The Morgan fingerprint density at radius 3 is 2.60 bits per heavy atom. The first kappa shape index (κ1) is 5.77. The van der Waals surface area contributed by atoms with Gasteiger partial charge in [0.15, 0.2) is 0 Å². The highest BCUT2D eigenvalue weighted by atomic mass is 16.1. The first-order chi connectivity index (χ1) is 4.71. The molecule has 2 rings (SSSR count). The van der Waals surface area contributed by atoms with Crippen molar-refractivity contribution in [2.45, 2.75) is 25.2 Å². The van der Waals surface area contributed by atoms with Crippen LogP contribution in [0.3, 0.4) is 0 Å². The van der Waals surface area contributed by atoms with Crippen molar-refractivity contribution in [2.75, 3.05) is 0 Å². The minimum Gasteiger partial charge on any atom is -0.302 e. The summed E-state index contributed by atoms with van der Waals surface area (Å²) in [5, 5.41) is 5.40. The van der Waals surface area contributed by atoms with E-state index in [0.29, 0.717) is 0 Å². The molecule has 0 bridgehead atoms. The largest absolute Gasteiger partial charge is 0.302 e. The minimum absolute atomic E-state index is 0.0249. The number of rotatable bonds is 1. The van der Waals surface area contributed by atoms with Crippen molar-refractivity contribution in [1.29, 1.82) is 0 Å². The van der Waals surface area contributed by atoms with E-state index < -0.39 is 0 Å². The molecule has 0 radical (unpaired) electrons. The predicted octanol–water partition coefficient (Wildman–Crippen LogP) is 0.754. The van der Waals surface area contributed by atoms with E-state index in [0.717, 1.165) is 5.69 Å². The van der Waals surface area contributed by atoms with Crippen LogP contribution in [0.1, 0.15) is 25.5 Å². The van der Waals surface area contributed by atoms with E-state index in [1.165, 1.54) is 12.8 Å². The number of hydrogen-bond donors (Lipinski definition) is 2. The standard InChI is InChI=1S/C7H10N2O/c1-7(2-3-7)5-4-6(10)9-8-5/h4H,2-3H2,1H3,(H2,8,9,10). The second kappa shape index (κ2) is 1.54. The van der Waals surface area contributed by atoms with E-state index in [1.807, 2.05) is 0 Å². The summed E-state index contributed by atoms with van der Waals surface area (Å²) in [6, 6.07) is 1.65. The molecule has 1 saturated carbocycles. The van der Waals surface area contributed by atoms with Gasteiger partial charge in [-0.25, -0.2) is 0 Å². The van der Waals surface area contributed by atoms with Gasteiger partial charge < -0.3 is 5.10 Å². The van der Waals surface area contributed by atoms with E-state index >= 15 is 0 Å². The Morgan fingerprint density at radius 2 is 2.20 bits per heavy atom. The molecule has 1 heterocycles. The van der Waals surface area contributed by atoms with Crippen LogP contribution in [0.2, 0.25) is 0 Å². The average molecular weight is 138 g/mol. The molecule has 10 heavy (non-hydrogen) atoms. The predicted molar refractivity (Wildman–Crippen MR) is 38.0 cm³/mol. The van der Waals surface area contributed by atoms with Gasteiger partial charge in [-0.1, -0.05) is 6.92 Å². The zero-order valence-electron chi connectivity index (χ0n) is 5.90. The van der Waals surface area contributed by atoms with Crippen LogP contribution >= 0.6 is 0 Å². The lowest BCUT2D eigenvalue weighted by molar-refractivity contribution is 0.742. The second-order valence-electron chi connectivity index (χ2n) is 3.23. The highest BCUT2D eigenvalue weighted by Crippen LogP contribution is 2.45. The molecule has 2 N–H and O–H groups in total. The Labute approximate surface area is 58.4 Å². The van der Waals surface area contributed by atoms with Gasteiger partial charge in [-0.3, -0.25) is 9.89 Å². The van der Waals surface area contributed by atoms with Gasteiger partial charge in [-0.2, -0.15) is 0 Å². The van der Waals surface area contributed by atoms with Crippen molar-refractivity contribution in [2.24, 2.45) is 0 Å². The second-order valence-corrected chi connectivity index (χ2v) is 3.23. The average Bonchev–Trinajstić information content (AvgIpc) is 2.45. The molecule has 1 aromatic rings. The fraction of sp³-hybridized carbons (Fsp3) is 0.571. The summed E-state index contributed by atoms with van der Waals surface area (Å²) < 4.78 is 0. The van der Waals surface area contributed by atoms with Gasteiger partial charge in [0.25, 0.3) is 5.56 Å². The van der Waals surface area contributed by atoms with Crippen LogP contribution in [0.25, 0.3) is 0 Å². The van der Waals surface area contributed by atoms with Crippen molar-refractivity contribution in [3.05, 3.63) is 22.1 Å². The normalized spacial score (nSPS) is 20.9. The maximum absolute atomic E-state index is 10.7. The summed E-state index contributed by atoms with van der Waals surface area (Å²) in [4.78, 5) is 10.7. The zero-order chi connectivity index (χ0) is 7.19. The molecule has 1 aliphatic rings. The lowest BCUT2D eigenvalue weighted by atomic mass is 10.1. The fourth-order valence-corrected chi connectivity index (χ4v) is 1.11. The van der Waals surface area contributed by atoms with Crippen LogP contribution in [0.15, 0.2) is 10.9 Å². The summed E-state index contributed by atoms with van der Waals surface area (Å²) in [5.41, 5.74) is 1.31. The van der Waals surface area contributed by atoms with Crippen molar-refractivity contribution in [3.63, 3.8) is 0 Å². The van der Waals surface area contributed by atoms with E-state index in [1.54, 1.807) is 6.07 Å². The van der Waals surface area contributed by atoms with Crippen LogP contribution in [0.5, 0.6) is 0 Å². The van der Waals surface area contributed by atoms with Gasteiger partial charge >= 0.3 is 0 Å². The highest BCUT2D eigenvalue weighted by molar-refractivity contribution is 5.20. The monoisotopic (exact) mass is 138 g/mol. The maximum Gasteiger partial charge on any atom is 0.264 e. The number of aromatic amines is 2. The number of nitrogens with one attached hydrogen (secondary N) is 2. The Kier molecular flexibility index (Phi) is 0.886. The fourth-order valence-electron chi connectivity index (χ4n) is 1.11. The van der Waals surface area contributed by atoms with Crippen LogP contribution in [0.4, 0.5) is 0 Å². The molecule has 1 aliphatic carbocycles. The Morgan fingerprint density at radius 1 is 1.50 bits per heavy atom. The maximum atomic E-state index is 10.7. The molecule has 3 heteroatoms. The molecular weight excluding hydrogens is 128 g/mol. The third kappa shape index (κ3) is 0.701. The summed E-state index contributed by atoms with van der Waals surface area (Å²) in [6.45, 7) is 2.16. The van der Waals surface area contributed by atoms with Crippen molar-refractivity contribution in [1.82, 2.24) is 10.2 Å². The van der Waals surface area contributed by atoms with Crippen molar-refractivity contribution < 1.29 is 0 Å². The molecule has 0 spiro atoms. The molecule has 0 amide bonds. The Hall–Kier alpha value is -0.990. The summed E-state index contributed by atoms with van der Waals surface area (Å²) in [6.07, 6.45) is 2.39. The highest BCUT2D eigenvalue weighted by Gasteiger charge is 2.40. The van der Waals surface area contributed by atoms with E-state index in [9.17, 15) is 4.79 Å². The summed E-state index contributed by atoms with van der Waals surface area (Å²) >= 11 is 0. The molecule has 0 aliphatic heterocycles. The van der Waals surface area contributed by atoms with Gasteiger partial charge in [-0.15, -0.1) is 0 Å². The van der Waals surface area contributed by atoms with Crippen molar-refractivity contribution in [3.8, 4) is 0 Å². The lowest BCUT2D eigenvalue weighted by Gasteiger charge is -2.00. The molecule has 1 aromatic heterocycles. The molecule has 0 atom stereocenters. The molecule has 3 nitrogen and oxygen atoms in total. The van der Waals surface area contributed by atoms with Gasteiger partial charge in [0, 0.05) is 17.2 Å².